The SMILES string of the molecule is O=C(COC(=O)c1cc(C2CC2)nn1-c1ccccc1)Nc1ccc(C(F)(F)F)cc1[N+](=O)[O-]. The molecule has 1 aliphatic rings. The maximum atomic E-state index is 12.8. The monoisotopic (exact) mass is 474 g/mol. The van der Waals surface area contributed by atoms with Crippen molar-refractivity contribution in [2.45, 2.75) is 24.9 Å². The highest BCUT2D eigenvalue weighted by Gasteiger charge is 2.33. The number of hydrogen-bond acceptors (Lipinski definition) is 6. The number of amides is 1. The molecule has 1 aromatic heterocycles. The van der Waals surface area contributed by atoms with Crippen LogP contribution in [0.5, 0.6) is 0 Å². The number of anilines is 1. The molecule has 2 aromatic carbocycles. The molecular weight excluding hydrogens is 457 g/mol. The Morgan fingerprint density at radius 3 is 2.47 bits per heavy atom. The van der Waals surface area contributed by atoms with Crippen molar-refractivity contribution in [1.29, 1.82) is 0 Å². The largest absolute Gasteiger partial charge is 0.451 e. The number of rotatable bonds is 7. The average Bonchev–Trinajstić information content (AvgIpc) is 3.55. The number of carbonyl (C=O) groups is 2. The summed E-state index contributed by atoms with van der Waals surface area (Å²) in [6.07, 6.45) is -2.88. The zero-order valence-corrected chi connectivity index (χ0v) is 17.4. The van der Waals surface area contributed by atoms with E-state index in [0.717, 1.165) is 24.6 Å². The van der Waals surface area contributed by atoms with Gasteiger partial charge in [0.15, 0.2) is 12.3 Å². The fourth-order valence-electron chi connectivity index (χ4n) is 3.25. The van der Waals surface area contributed by atoms with Crippen molar-refractivity contribution in [3.8, 4) is 5.69 Å². The molecule has 1 N–H and O–H groups in total. The number of hydrogen-bond donors (Lipinski definition) is 1. The molecule has 1 aliphatic carbocycles. The van der Waals surface area contributed by atoms with E-state index >= 15 is 0 Å². The Morgan fingerprint density at radius 1 is 1.15 bits per heavy atom. The van der Waals surface area contributed by atoms with Crippen LogP contribution in [0.25, 0.3) is 5.69 Å². The number of ether oxygens (including phenoxy) is 1. The van der Waals surface area contributed by atoms with Gasteiger partial charge in [-0.3, -0.25) is 14.9 Å². The first kappa shape index (κ1) is 23.0. The van der Waals surface area contributed by atoms with Crippen LogP contribution in [0.4, 0.5) is 24.5 Å². The van der Waals surface area contributed by atoms with Gasteiger partial charge in [-0.2, -0.15) is 18.3 Å². The van der Waals surface area contributed by atoms with Gasteiger partial charge in [-0.25, -0.2) is 9.48 Å². The molecule has 3 aromatic rings. The topological polar surface area (TPSA) is 116 Å². The first-order chi connectivity index (χ1) is 16.1. The van der Waals surface area contributed by atoms with Gasteiger partial charge in [-0.05, 0) is 43.2 Å². The molecule has 1 saturated carbocycles. The summed E-state index contributed by atoms with van der Waals surface area (Å²) in [6.45, 7) is -0.810. The number of esters is 1. The average molecular weight is 474 g/mol. The van der Waals surface area contributed by atoms with Crippen LogP contribution in [0.2, 0.25) is 0 Å². The van der Waals surface area contributed by atoms with E-state index in [0.29, 0.717) is 17.8 Å². The van der Waals surface area contributed by atoms with E-state index < -0.39 is 46.5 Å². The van der Waals surface area contributed by atoms with Crippen molar-refractivity contribution in [3.63, 3.8) is 0 Å². The Morgan fingerprint density at radius 2 is 1.85 bits per heavy atom. The molecule has 0 unspecified atom stereocenters. The Labute approximate surface area is 190 Å². The minimum atomic E-state index is -4.79. The van der Waals surface area contributed by atoms with Crippen molar-refractivity contribution < 1.29 is 32.4 Å². The number of benzene rings is 2. The highest BCUT2D eigenvalue weighted by atomic mass is 19.4. The third-order valence-corrected chi connectivity index (χ3v) is 5.06. The third kappa shape index (κ3) is 5.05. The molecule has 34 heavy (non-hydrogen) atoms. The predicted molar refractivity (Wildman–Crippen MR) is 113 cm³/mol. The first-order valence-corrected chi connectivity index (χ1v) is 10.1. The second-order valence-corrected chi connectivity index (χ2v) is 7.59. The molecule has 0 saturated heterocycles. The molecule has 0 radical (unpaired) electrons. The van der Waals surface area contributed by atoms with Gasteiger partial charge in [0, 0.05) is 12.0 Å². The number of aromatic nitrogens is 2. The maximum Gasteiger partial charge on any atom is 0.416 e. The maximum absolute atomic E-state index is 12.8. The molecule has 1 amide bonds. The summed E-state index contributed by atoms with van der Waals surface area (Å²) in [5, 5.41) is 17.7. The second kappa shape index (κ2) is 8.96. The number of halogens is 3. The lowest BCUT2D eigenvalue weighted by Gasteiger charge is -2.10. The summed E-state index contributed by atoms with van der Waals surface area (Å²) < 4.78 is 45.0. The van der Waals surface area contributed by atoms with Gasteiger partial charge in [0.05, 0.1) is 21.9 Å². The number of para-hydroxylation sites is 1. The number of nitrogens with zero attached hydrogens (tertiary/aromatic N) is 3. The Bertz CT molecular complexity index is 1250. The molecule has 9 nitrogen and oxygen atoms in total. The summed E-state index contributed by atoms with van der Waals surface area (Å²) in [5.41, 5.74) is -1.19. The van der Waals surface area contributed by atoms with Crippen molar-refractivity contribution in [2.75, 3.05) is 11.9 Å². The molecule has 1 fully saturated rings. The Balaban J connectivity index is 1.47. The van der Waals surface area contributed by atoms with Crippen LogP contribution in [0, 0.1) is 10.1 Å². The van der Waals surface area contributed by atoms with E-state index in [1.165, 1.54) is 4.68 Å². The fourth-order valence-corrected chi connectivity index (χ4v) is 3.25. The Hall–Kier alpha value is -4.22. The summed E-state index contributed by atoms with van der Waals surface area (Å²) in [5.74, 6) is -1.55. The zero-order chi connectivity index (χ0) is 24.5. The Kier molecular flexibility index (Phi) is 6.05. The summed E-state index contributed by atoms with van der Waals surface area (Å²) >= 11 is 0. The van der Waals surface area contributed by atoms with Crippen LogP contribution in [-0.4, -0.2) is 33.2 Å². The first-order valence-electron chi connectivity index (χ1n) is 10.1. The molecule has 1 heterocycles. The lowest BCUT2D eigenvalue weighted by atomic mass is 10.1. The van der Waals surface area contributed by atoms with Crippen LogP contribution < -0.4 is 5.32 Å². The number of carbonyl (C=O) groups excluding carboxylic acids is 2. The van der Waals surface area contributed by atoms with Gasteiger partial charge in [0.1, 0.15) is 5.69 Å². The van der Waals surface area contributed by atoms with E-state index in [1.54, 1.807) is 36.4 Å². The lowest BCUT2D eigenvalue weighted by molar-refractivity contribution is -0.384. The number of nitrogens with one attached hydrogen (secondary N) is 1. The lowest BCUT2D eigenvalue weighted by Crippen LogP contribution is -2.22. The van der Waals surface area contributed by atoms with Gasteiger partial charge >= 0.3 is 12.1 Å². The molecule has 4 rings (SSSR count). The number of nitro benzene ring substituents is 1. The van der Waals surface area contributed by atoms with Gasteiger partial charge in [0.25, 0.3) is 11.6 Å². The fraction of sp³-hybridized carbons (Fsp3) is 0.227. The predicted octanol–water partition coefficient (Wildman–Crippen LogP) is 4.47. The molecule has 0 atom stereocenters. The summed E-state index contributed by atoms with van der Waals surface area (Å²) in [7, 11) is 0. The van der Waals surface area contributed by atoms with Gasteiger partial charge in [-0.15, -0.1) is 0 Å². The van der Waals surface area contributed by atoms with E-state index in [4.69, 9.17) is 4.74 Å². The van der Waals surface area contributed by atoms with Crippen LogP contribution in [0.1, 0.15) is 40.5 Å². The van der Waals surface area contributed by atoms with E-state index in [2.05, 4.69) is 10.4 Å². The quantitative estimate of drug-likeness (QED) is 0.307. The van der Waals surface area contributed by atoms with Crippen LogP contribution in [0.3, 0.4) is 0 Å². The highest BCUT2D eigenvalue weighted by molar-refractivity contribution is 5.96. The number of nitro groups is 1. The van der Waals surface area contributed by atoms with Gasteiger partial charge < -0.3 is 10.1 Å². The molecular formula is C22H17F3N4O5. The minimum absolute atomic E-state index is 0.0985. The smallest absolute Gasteiger partial charge is 0.416 e. The molecule has 0 aliphatic heterocycles. The summed E-state index contributed by atoms with van der Waals surface area (Å²) in [6, 6.07) is 12.1. The molecule has 12 heteroatoms. The molecule has 0 bridgehead atoms. The van der Waals surface area contributed by atoms with Crippen molar-refractivity contribution in [1.82, 2.24) is 9.78 Å². The molecule has 176 valence electrons. The minimum Gasteiger partial charge on any atom is -0.451 e. The van der Waals surface area contributed by atoms with E-state index in [-0.39, 0.29) is 11.6 Å². The van der Waals surface area contributed by atoms with Crippen molar-refractivity contribution >= 4 is 23.3 Å². The third-order valence-electron chi connectivity index (χ3n) is 5.06. The van der Waals surface area contributed by atoms with Crippen LogP contribution in [-0.2, 0) is 15.7 Å². The number of alkyl halides is 3. The van der Waals surface area contributed by atoms with Crippen LogP contribution >= 0.6 is 0 Å². The van der Waals surface area contributed by atoms with Gasteiger partial charge in [-0.1, -0.05) is 18.2 Å². The normalized spacial score (nSPS) is 13.4. The highest BCUT2D eigenvalue weighted by Crippen LogP contribution is 2.40. The second-order valence-electron chi connectivity index (χ2n) is 7.59. The van der Waals surface area contributed by atoms with Gasteiger partial charge in [0.2, 0.25) is 0 Å². The van der Waals surface area contributed by atoms with E-state index in [1.807, 2.05) is 0 Å². The zero-order valence-electron chi connectivity index (χ0n) is 17.4. The van der Waals surface area contributed by atoms with Crippen molar-refractivity contribution in [2.24, 2.45) is 0 Å². The molecule has 0 spiro atoms. The van der Waals surface area contributed by atoms with Crippen molar-refractivity contribution in [3.05, 3.63) is 81.7 Å². The van der Waals surface area contributed by atoms with Crippen LogP contribution in [0.15, 0.2) is 54.6 Å². The standard InChI is InChI=1S/C22H17F3N4O5/c23-22(24,25)14-8-9-16(18(10-14)29(32)33)26-20(30)12-34-21(31)19-11-17(13-6-7-13)27-28(19)15-4-2-1-3-5-15/h1-5,8-11,13H,6-7,12H2,(H,26,30). The summed E-state index contributed by atoms with van der Waals surface area (Å²) in [4.78, 5) is 35.0. The van der Waals surface area contributed by atoms with E-state index in [9.17, 15) is 32.9 Å².